The van der Waals surface area contributed by atoms with Crippen LogP contribution in [0.1, 0.15) is 96.6 Å². The molecule has 3 N–H and O–H groups in total. The van der Waals surface area contributed by atoms with Crippen LogP contribution in [0.4, 0.5) is 4.79 Å². The Bertz CT molecular complexity index is 1430. The van der Waals surface area contributed by atoms with Crippen molar-refractivity contribution in [3.63, 3.8) is 0 Å². The highest BCUT2D eigenvalue weighted by Crippen LogP contribution is 2.42. The number of nitrogens with zero attached hydrogens (tertiary/aromatic N) is 4. The molecule has 0 spiro atoms. The molecule has 11 heteroatoms. The smallest absolute Gasteiger partial charge is 0.409 e. The summed E-state index contributed by atoms with van der Waals surface area (Å²) in [7, 11) is 3.48. The molecule has 1 aliphatic heterocycles. The van der Waals surface area contributed by atoms with Crippen molar-refractivity contribution in [1.82, 2.24) is 24.7 Å². The van der Waals surface area contributed by atoms with E-state index in [0.717, 1.165) is 28.8 Å². The van der Waals surface area contributed by atoms with Gasteiger partial charge in [0.1, 0.15) is 5.60 Å². The largest absolute Gasteiger partial charge is 0.449 e. The third-order valence-corrected chi connectivity index (χ3v) is 8.89. The fraction of sp³-hybridized carbons (Fsp3) is 0.553. The van der Waals surface area contributed by atoms with Gasteiger partial charge < -0.3 is 30.0 Å². The third kappa shape index (κ3) is 11.5. The summed E-state index contributed by atoms with van der Waals surface area (Å²) in [6.45, 7) is 24.9. The number of nitrogens with two attached hydrogens (primary N) is 1. The molecule has 1 aliphatic carbocycles. The van der Waals surface area contributed by atoms with E-state index in [4.69, 9.17) is 21.1 Å². The first-order chi connectivity index (χ1) is 23.2. The molecule has 10 nitrogen and oxygen atoms in total. The molecule has 4 rings (SSSR count). The van der Waals surface area contributed by atoms with Gasteiger partial charge in [0, 0.05) is 51.4 Å². The van der Waals surface area contributed by atoms with Gasteiger partial charge in [-0.3, -0.25) is 9.69 Å². The summed E-state index contributed by atoms with van der Waals surface area (Å²) in [4.78, 5) is 34.8. The Labute approximate surface area is 299 Å². The lowest BCUT2D eigenvalue weighted by Gasteiger charge is -2.40. The highest BCUT2D eigenvalue weighted by molar-refractivity contribution is 6.30. The van der Waals surface area contributed by atoms with Crippen LogP contribution >= 0.6 is 11.6 Å². The zero-order valence-electron chi connectivity index (χ0n) is 31.1. The number of benzene rings is 1. The molecule has 49 heavy (non-hydrogen) atoms. The molecule has 2 unspecified atom stereocenters. The van der Waals surface area contributed by atoms with Gasteiger partial charge in [-0.25, -0.2) is 9.78 Å². The zero-order valence-corrected chi connectivity index (χ0v) is 31.9. The quantitative estimate of drug-likeness (QED) is 0.235. The van der Waals surface area contributed by atoms with Crippen molar-refractivity contribution in [2.45, 2.75) is 85.4 Å². The maximum atomic E-state index is 13.4. The van der Waals surface area contributed by atoms with Crippen molar-refractivity contribution in [3.8, 4) is 0 Å². The van der Waals surface area contributed by atoms with Crippen molar-refractivity contribution < 1.29 is 19.1 Å². The molecule has 2 fully saturated rings. The molecule has 272 valence electrons. The van der Waals surface area contributed by atoms with Gasteiger partial charge in [-0.2, -0.15) is 0 Å². The van der Waals surface area contributed by atoms with Crippen molar-refractivity contribution in [2.24, 2.45) is 18.2 Å². The monoisotopic (exact) mass is 698 g/mol. The van der Waals surface area contributed by atoms with Crippen LogP contribution in [-0.2, 0) is 21.3 Å². The van der Waals surface area contributed by atoms with E-state index in [1.54, 1.807) is 24.5 Å². The maximum absolute atomic E-state index is 13.4. The average Bonchev–Trinajstić information content (AvgIpc) is 3.78. The third-order valence-electron chi connectivity index (χ3n) is 8.65. The van der Waals surface area contributed by atoms with Crippen LogP contribution in [-0.4, -0.2) is 76.8 Å². The summed E-state index contributed by atoms with van der Waals surface area (Å²) in [6.07, 6.45) is 8.75. The van der Waals surface area contributed by atoms with E-state index in [0.29, 0.717) is 50.7 Å². The number of rotatable bonds is 11. The minimum atomic E-state index is -0.798. The van der Waals surface area contributed by atoms with E-state index in [1.807, 2.05) is 37.6 Å². The number of aryl methyl sites for hydroxylation is 1. The lowest BCUT2D eigenvalue weighted by molar-refractivity contribution is -0.134. The number of ether oxygens (including phenoxy) is 2. The second-order valence-electron chi connectivity index (χ2n) is 13.5. The number of carbonyl (C=O) groups is 2. The van der Waals surface area contributed by atoms with Gasteiger partial charge in [0.05, 0.1) is 30.9 Å². The first-order valence-electron chi connectivity index (χ1n) is 17.1. The van der Waals surface area contributed by atoms with Crippen molar-refractivity contribution in [1.29, 1.82) is 0 Å². The van der Waals surface area contributed by atoms with Crippen molar-refractivity contribution in [2.75, 3.05) is 39.9 Å². The van der Waals surface area contributed by atoms with Crippen molar-refractivity contribution >= 4 is 29.2 Å². The van der Waals surface area contributed by atoms with Crippen LogP contribution in [0.3, 0.4) is 0 Å². The fourth-order valence-electron chi connectivity index (χ4n) is 5.58. The zero-order chi connectivity index (χ0) is 36.9. The predicted octanol–water partition coefficient (Wildman–Crippen LogP) is 7.44. The molecule has 2 heterocycles. The number of nitrogens with one attached hydrogen (secondary N) is 1. The summed E-state index contributed by atoms with van der Waals surface area (Å²) in [6, 6.07) is 5.38. The van der Waals surface area contributed by atoms with Crippen LogP contribution in [0, 0.1) is 5.41 Å². The maximum Gasteiger partial charge on any atom is 0.409 e. The predicted molar refractivity (Wildman–Crippen MR) is 200 cm³/mol. The standard InChI is InChI=1S/C34H48ClN5O4.C2H5N.C2H6/c1-9-23(2)18-28(39-14-16-40(17-15-39)32(42)44-21-33(4,5)6)26-11-10-25(35)19-27(26)24(3)30(29-20-36-22-38(29)7)37-31(41)34(43-8)12-13-34;1-2-3;1-2/h9-11,19-20,22,28,30H,3,12-18,21H2,1-2,4-8H3,(H,37,41);2H,1,3H2;1-2H3/b23-9-;;. The van der Waals surface area contributed by atoms with Gasteiger partial charge in [0.25, 0.3) is 5.91 Å². The van der Waals surface area contributed by atoms with E-state index in [9.17, 15) is 9.59 Å². The number of amides is 2. The number of piperazine rings is 1. The summed E-state index contributed by atoms with van der Waals surface area (Å²) in [5, 5.41) is 3.81. The number of methoxy groups -OCH3 is 1. The number of halogens is 1. The molecule has 2 aliphatic rings. The van der Waals surface area contributed by atoms with Gasteiger partial charge in [-0.15, -0.1) is 0 Å². The van der Waals surface area contributed by atoms with Gasteiger partial charge >= 0.3 is 6.09 Å². The first-order valence-corrected chi connectivity index (χ1v) is 17.5. The van der Waals surface area contributed by atoms with Gasteiger partial charge in [-0.05, 0) is 73.6 Å². The number of imidazole rings is 1. The molecule has 1 saturated carbocycles. The van der Waals surface area contributed by atoms with Gasteiger partial charge in [0.15, 0.2) is 0 Å². The molecule has 2 amide bonds. The van der Waals surface area contributed by atoms with Gasteiger partial charge in [0.2, 0.25) is 0 Å². The summed E-state index contributed by atoms with van der Waals surface area (Å²) >= 11 is 6.62. The van der Waals surface area contributed by atoms with Crippen LogP contribution in [0.25, 0.3) is 5.57 Å². The molecular weight excluding hydrogens is 640 g/mol. The number of hydrogen-bond acceptors (Lipinski definition) is 7. The second-order valence-corrected chi connectivity index (χ2v) is 14.0. The van der Waals surface area contributed by atoms with Crippen LogP contribution in [0.5, 0.6) is 0 Å². The minimum Gasteiger partial charge on any atom is -0.449 e. The van der Waals surface area contributed by atoms with E-state index in [-0.39, 0.29) is 23.5 Å². The highest BCUT2D eigenvalue weighted by atomic mass is 35.5. The fourth-order valence-corrected chi connectivity index (χ4v) is 5.75. The molecule has 1 saturated heterocycles. The average molecular weight is 699 g/mol. The topological polar surface area (TPSA) is 115 Å². The molecule has 2 aromatic rings. The van der Waals surface area contributed by atoms with E-state index < -0.39 is 11.6 Å². The SMILES string of the molecule is C=C(c1cc(Cl)ccc1C(C/C(C)=C\C)N1CCN(C(=O)OCC(C)(C)C)CC1)C(NC(=O)C1(OC)CC1)c1cncn1C.C=CN.CC. The van der Waals surface area contributed by atoms with E-state index in [1.165, 1.54) is 11.8 Å². The number of aromatic nitrogens is 2. The molecule has 2 atom stereocenters. The van der Waals surface area contributed by atoms with Crippen LogP contribution in [0.2, 0.25) is 5.02 Å². The van der Waals surface area contributed by atoms with Crippen LogP contribution in [0.15, 0.2) is 61.7 Å². The van der Waals surface area contributed by atoms with E-state index >= 15 is 0 Å². The van der Waals surface area contributed by atoms with E-state index in [2.05, 4.69) is 80.9 Å². The number of allylic oxidation sites excluding steroid dienone is 1. The lowest BCUT2D eigenvalue weighted by Crippen LogP contribution is -2.50. The Kier molecular flexibility index (Phi) is 16.1. The number of hydrogen-bond donors (Lipinski definition) is 2. The Balaban J connectivity index is 0.00000158. The molecule has 0 bridgehead atoms. The Morgan fingerprint density at radius 3 is 2.29 bits per heavy atom. The summed E-state index contributed by atoms with van der Waals surface area (Å²) in [5.74, 6) is -0.160. The van der Waals surface area contributed by atoms with Gasteiger partial charge in [-0.1, -0.05) is 77.1 Å². The molecule has 0 radical (unpaired) electrons. The second kappa shape index (κ2) is 19.0. The first kappa shape index (κ1) is 41.6. The summed E-state index contributed by atoms with van der Waals surface area (Å²) in [5.41, 5.74) is 8.46. The Hall–Kier alpha value is -3.60. The highest BCUT2D eigenvalue weighted by Gasteiger charge is 2.51. The number of carbonyl (C=O) groups excluding carboxylic acids is 2. The Morgan fingerprint density at radius 1 is 1.18 bits per heavy atom. The minimum absolute atomic E-state index is 0.000370. The molecule has 1 aromatic carbocycles. The van der Waals surface area contributed by atoms with Crippen molar-refractivity contribution in [3.05, 3.63) is 83.6 Å². The van der Waals surface area contributed by atoms with Crippen LogP contribution < -0.4 is 11.1 Å². The molecular formula is C38H59ClN6O4. The summed E-state index contributed by atoms with van der Waals surface area (Å²) < 4.78 is 13.1. The lowest BCUT2D eigenvalue weighted by atomic mass is 9.87. The molecule has 1 aromatic heterocycles. The normalized spacial score (nSPS) is 16.9. The Morgan fingerprint density at radius 2 is 1.80 bits per heavy atom.